The van der Waals surface area contributed by atoms with Gasteiger partial charge < -0.3 is 10.1 Å². The average molecular weight is 290 g/mol. The van der Waals surface area contributed by atoms with Gasteiger partial charge in [0.15, 0.2) is 0 Å². The predicted molar refractivity (Wildman–Crippen MR) is 83.8 cm³/mol. The molecule has 0 unspecified atom stereocenters. The zero-order valence-electron chi connectivity index (χ0n) is 11.8. The lowest BCUT2D eigenvalue weighted by atomic mass is 9.87. The third-order valence-electron chi connectivity index (χ3n) is 4.20. The summed E-state index contributed by atoms with van der Waals surface area (Å²) in [7, 11) is 0. The van der Waals surface area contributed by atoms with Gasteiger partial charge in [-0.3, -0.25) is 4.98 Å². The lowest BCUT2D eigenvalue weighted by Gasteiger charge is -2.17. The number of hydrogen-bond acceptors (Lipinski definition) is 2. The Labute approximate surface area is 127 Å². The molecule has 1 aromatic carbocycles. The van der Waals surface area contributed by atoms with Crippen molar-refractivity contribution in [2.75, 3.05) is 0 Å². The molecule has 0 saturated carbocycles. The van der Waals surface area contributed by atoms with Gasteiger partial charge in [-0.25, -0.2) is 4.79 Å². The molecule has 0 atom stereocenters. The Balaban J connectivity index is 2.01. The fraction of sp³-hybridized carbons (Fsp3) is 0.111. The molecular weight excluding hydrogens is 276 g/mol. The minimum atomic E-state index is -0.939. The Hall–Kier alpha value is -2.88. The Morgan fingerprint density at radius 3 is 2.77 bits per heavy atom. The molecule has 4 nitrogen and oxygen atoms in total. The number of nitrogens with one attached hydrogen (secondary N) is 1. The van der Waals surface area contributed by atoms with Crippen LogP contribution in [0.25, 0.3) is 22.4 Å². The molecule has 4 heteroatoms. The molecular formula is C18H14N2O2. The summed E-state index contributed by atoms with van der Waals surface area (Å²) in [5, 5.41) is 9.57. The highest BCUT2D eigenvalue weighted by Gasteiger charge is 2.27. The number of benzene rings is 1. The van der Waals surface area contributed by atoms with Crippen LogP contribution in [0.15, 0.2) is 48.8 Å². The van der Waals surface area contributed by atoms with Crippen molar-refractivity contribution in [3.63, 3.8) is 0 Å². The monoisotopic (exact) mass is 290 g/mol. The summed E-state index contributed by atoms with van der Waals surface area (Å²) >= 11 is 0. The van der Waals surface area contributed by atoms with Gasteiger partial charge in [0, 0.05) is 29.1 Å². The number of aromatic nitrogens is 2. The van der Waals surface area contributed by atoms with Crippen molar-refractivity contribution < 1.29 is 9.90 Å². The molecule has 0 saturated heterocycles. The molecule has 0 spiro atoms. The second-order valence-electron chi connectivity index (χ2n) is 5.43. The zero-order chi connectivity index (χ0) is 15.1. The van der Waals surface area contributed by atoms with Crippen LogP contribution in [0.1, 0.15) is 21.6 Å². The normalized spacial score (nSPS) is 12.5. The summed E-state index contributed by atoms with van der Waals surface area (Å²) in [5.41, 5.74) is 6.21. The molecule has 0 amide bonds. The van der Waals surface area contributed by atoms with E-state index in [0.29, 0.717) is 0 Å². The Morgan fingerprint density at radius 1 is 1.14 bits per heavy atom. The van der Waals surface area contributed by atoms with Crippen LogP contribution in [0.5, 0.6) is 0 Å². The maximum absolute atomic E-state index is 11.7. The van der Waals surface area contributed by atoms with Crippen LogP contribution in [0.2, 0.25) is 0 Å². The second kappa shape index (κ2) is 4.84. The molecule has 1 aliphatic carbocycles. The molecule has 2 heterocycles. The number of pyridine rings is 1. The van der Waals surface area contributed by atoms with Crippen molar-refractivity contribution in [1.82, 2.24) is 9.97 Å². The molecule has 2 N–H and O–H groups in total. The number of H-pyrrole nitrogens is 1. The van der Waals surface area contributed by atoms with Gasteiger partial charge in [0.1, 0.15) is 5.69 Å². The van der Waals surface area contributed by atoms with Crippen molar-refractivity contribution in [2.45, 2.75) is 12.8 Å². The van der Waals surface area contributed by atoms with E-state index in [4.69, 9.17) is 0 Å². The van der Waals surface area contributed by atoms with Gasteiger partial charge >= 0.3 is 5.97 Å². The van der Waals surface area contributed by atoms with Crippen molar-refractivity contribution in [2.24, 2.45) is 0 Å². The molecule has 3 aromatic rings. The number of fused-ring (bicyclic) bond motifs is 3. The molecule has 108 valence electrons. The van der Waals surface area contributed by atoms with Gasteiger partial charge in [0.05, 0.1) is 5.69 Å². The van der Waals surface area contributed by atoms with Crippen LogP contribution in [0.4, 0.5) is 0 Å². The minimum Gasteiger partial charge on any atom is -0.477 e. The summed E-state index contributed by atoms with van der Waals surface area (Å²) in [6, 6.07) is 11.9. The number of carboxylic acids is 1. The summed E-state index contributed by atoms with van der Waals surface area (Å²) in [6.45, 7) is 0. The van der Waals surface area contributed by atoms with E-state index in [1.807, 2.05) is 30.3 Å². The average Bonchev–Trinajstić information content (AvgIpc) is 2.96. The van der Waals surface area contributed by atoms with E-state index in [9.17, 15) is 9.90 Å². The van der Waals surface area contributed by atoms with E-state index in [1.54, 1.807) is 12.4 Å². The first-order chi connectivity index (χ1) is 10.8. The van der Waals surface area contributed by atoms with Crippen molar-refractivity contribution in [3.8, 4) is 22.4 Å². The predicted octanol–water partition coefficient (Wildman–Crippen LogP) is 3.54. The fourth-order valence-electron chi connectivity index (χ4n) is 3.25. The highest BCUT2D eigenvalue weighted by Crippen LogP contribution is 2.40. The number of aryl methyl sites for hydroxylation is 1. The number of rotatable bonds is 2. The summed E-state index contributed by atoms with van der Waals surface area (Å²) in [6.07, 6.45) is 5.17. The standard InChI is InChI=1S/C18H14N2O2/c21-18(22)17-15(12-5-3-9-19-10-12)14-8-7-11-4-1-2-6-13(11)16(14)20-17/h1-6,9-10,20H,7-8H2,(H,21,22). The first-order valence-electron chi connectivity index (χ1n) is 7.22. The maximum atomic E-state index is 11.7. The topological polar surface area (TPSA) is 66.0 Å². The third kappa shape index (κ3) is 1.84. The second-order valence-corrected chi connectivity index (χ2v) is 5.43. The van der Waals surface area contributed by atoms with Crippen molar-refractivity contribution in [1.29, 1.82) is 0 Å². The molecule has 1 aliphatic rings. The highest BCUT2D eigenvalue weighted by atomic mass is 16.4. The van der Waals surface area contributed by atoms with Crippen LogP contribution >= 0.6 is 0 Å². The number of hydrogen-bond donors (Lipinski definition) is 2. The number of carbonyl (C=O) groups is 1. The van der Waals surface area contributed by atoms with E-state index in [2.05, 4.69) is 16.0 Å². The van der Waals surface area contributed by atoms with E-state index in [0.717, 1.165) is 40.8 Å². The molecule has 4 rings (SSSR count). The number of carboxylic acid groups (broad SMARTS) is 1. The maximum Gasteiger partial charge on any atom is 0.352 e. The molecule has 2 aromatic heterocycles. The van der Waals surface area contributed by atoms with E-state index >= 15 is 0 Å². The van der Waals surface area contributed by atoms with Gasteiger partial charge in [-0.2, -0.15) is 0 Å². The zero-order valence-corrected chi connectivity index (χ0v) is 11.8. The first-order valence-corrected chi connectivity index (χ1v) is 7.22. The molecule has 0 aliphatic heterocycles. The van der Waals surface area contributed by atoms with Crippen LogP contribution in [-0.4, -0.2) is 21.0 Å². The van der Waals surface area contributed by atoms with Gasteiger partial charge in [-0.05, 0) is 30.0 Å². The van der Waals surface area contributed by atoms with Crippen LogP contribution in [-0.2, 0) is 12.8 Å². The Morgan fingerprint density at radius 2 is 2.00 bits per heavy atom. The SMILES string of the molecule is O=C(O)c1[nH]c2c(c1-c1cccnc1)CCc1ccccc1-2. The Kier molecular flexibility index (Phi) is 2.82. The highest BCUT2D eigenvalue weighted by molar-refractivity contribution is 5.98. The van der Waals surface area contributed by atoms with Crippen molar-refractivity contribution in [3.05, 3.63) is 65.6 Å². The Bertz CT molecular complexity index is 866. The molecule has 0 radical (unpaired) electrons. The van der Waals surface area contributed by atoms with Crippen LogP contribution in [0, 0.1) is 0 Å². The van der Waals surface area contributed by atoms with Crippen molar-refractivity contribution >= 4 is 5.97 Å². The quantitative estimate of drug-likeness (QED) is 0.758. The fourth-order valence-corrected chi connectivity index (χ4v) is 3.25. The largest absolute Gasteiger partial charge is 0.477 e. The van der Waals surface area contributed by atoms with E-state index in [1.165, 1.54) is 5.56 Å². The summed E-state index contributed by atoms with van der Waals surface area (Å²) in [5.74, 6) is -0.939. The number of nitrogens with zero attached hydrogens (tertiary/aromatic N) is 1. The van der Waals surface area contributed by atoms with Crippen LogP contribution < -0.4 is 0 Å². The lowest BCUT2D eigenvalue weighted by Crippen LogP contribution is -2.03. The first kappa shape index (κ1) is 12.8. The smallest absolute Gasteiger partial charge is 0.352 e. The molecule has 0 bridgehead atoms. The molecule has 22 heavy (non-hydrogen) atoms. The third-order valence-corrected chi connectivity index (χ3v) is 4.20. The van der Waals surface area contributed by atoms with Crippen LogP contribution in [0.3, 0.4) is 0 Å². The summed E-state index contributed by atoms with van der Waals surface area (Å²) < 4.78 is 0. The minimum absolute atomic E-state index is 0.245. The van der Waals surface area contributed by atoms with E-state index in [-0.39, 0.29) is 5.69 Å². The van der Waals surface area contributed by atoms with Gasteiger partial charge in [0.2, 0.25) is 0 Å². The summed E-state index contributed by atoms with van der Waals surface area (Å²) in [4.78, 5) is 18.9. The molecule has 0 fully saturated rings. The number of aromatic carboxylic acids is 1. The van der Waals surface area contributed by atoms with Gasteiger partial charge in [-0.15, -0.1) is 0 Å². The van der Waals surface area contributed by atoms with E-state index < -0.39 is 5.97 Å². The lowest BCUT2D eigenvalue weighted by molar-refractivity contribution is 0.0692. The van der Waals surface area contributed by atoms with Gasteiger partial charge in [0.25, 0.3) is 0 Å². The van der Waals surface area contributed by atoms with Gasteiger partial charge in [-0.1, -0.05) is 30.3 Å². The number of aromatic amines is 1.